The van der Waals surface area contributed by atoms with Crippen LogP contribution in [0.2, 0.25) is 0 Å². The molecule has 1 amide bonds. The van der Waals surface area contributed by atoms with Crippen molar-refractivity contribution in [3.8, 4) is 0 Å². The number of carbonyl (C=O) groups excluding carboxylic acids is 1. The Kier molecular flexibility index (Phi) is 5.53. The first-order chi connectivity index (χ1) is 9.66. The Hall–Kier alpha value is -1.42. The molecule has 1 N–H and O–H groups in total. The maximum atomic E-state index is 12.4. The average Bonchev–Trinajstić information content (AvgIpc) is 2.73. The van der Waals surface area contributed by atoms with E-state index in [1.165, 1.54) is 12.8 Å². The topological polar surface area (TPSA) is 45.2 Å². The molecule has 2 heterocycles. The van der Waals surface area contributed by atoms with E-state index < -0.39 is 0 Å². The fourth-order valence-electron chi connectivity index (χ4n) is 2.61. The van der Waals surface area contributed by atoms with Crippen LogP contribution < -0.4 is 5.32 Å². The molecule has 0 aliphatic carbocycles. The van der Waals surface area contributed by atoms with Gasteiger partial charge in [0.25, 0.3) is 0 Å². The van der Waals surface area contributed by atoms with Crippen LogP contribution in [0.4, 0.5) is 0 Å². The highest BCUT2D eigenvalue weighted by molar-refractivity contribution is 5.81. The third kappa shape index (κ3) is 4.30. The Bertz CT molecular complexity index is 439. The monoisotopic (exact) mass is 275 g/mol. The number of hydrogen-bond acceptors (Lipinski definition) is 3. The summed E-state index contributed by atoms with van der Waals surface area (Å²) in [4.78, 5) is 18.8. The molecule has 20 heavy (non-hydrogen) atoms. The molecule has 1 unspecified atom stereocenters. The number of nitrogens with one attached hydrogen (secondary N) is 1. The normalized spacial score (nSPS) is 17.6. The lowest BCUT2D eigenvalue weighted by Gasteiger charge is -2.24. The highest BCUT2D eigenvalue weighted by Crippen LogP contribution is 2.11. The molecule has 1 aliphatic rings. The molecular formula is C16H25N3O. The average molecular weight is 275 g/mol. The van der Waals surface area contributed by atoms with Crippen LogP contribution in [0.3, 0.4) is 0 Å². The van der Waals surface area contributed by atoms with Gasteiger partial charge in [-0.05, 0) is 38.8 Å². The van der Waals surface area contributed by atoms with Gasteiger partial charge in [-0.1, -0.05) is 18.9 Å². The molecule has 1 saturated heterocycles. The summed E-state index contributed by atoms with van der Waals surface area (Å²) in [5.41, 5.74) is 2.00. The first kappa shape index (κ1) is 15.0. The zero-order valence-electron chi connectivity index (χ0n) is 12.6. The van der Waals surface area contributed by atoms with E-state index in [1.54, 1.807) is 0 Å². The summed E-state index contributed by atoms with van der Waals surface area (Å²) in [6, 6.07) is 5.83. The van der Waals surface area contributed by atoms with Crippen molar-refractivity contribution in [1.82, 2.24) is 15.2 Å². The van der Waals surface area contributed by atoms with Gasteiger partial charge in [0, 0.05) is 25.3 Å². The third-order valence-corrected chi connectivity index (χ3v) is 3.82. The van der Waals surface area contributed by atoms with E-state index in [0.717, 1.165) is 37.3 Å². The van der Waals surface area contributed by atoms with E-state index in [2.05, 4.69) is 10.3 Å². The number of aromatic nitrogens is 1. The summed E-state index contributed by atoms with van der Waals surface area (Å²) >= 11 is 0. The second kappa shape index (κ2) is 7.39. The molecule has 1 aromatic rings. The molecule has 0 aromatic carbocycles. The zero-order chi connectivity index (χ0) is 14.4. The number of hydrogen-bond donors (Lipinski definition) is 1. The zero-order valence-corrected chi connectivity index (χ0v) is 12.6. The van der Waals surface area contributed by atoms with Gasteiger partial charge in [-0.2, -0.15) is 0 Å². The van der Waals surface area contributed by atoms with Crippen LogP contribution in [-0.4, -0.2) is 34.9 Å². The predicted molar refractivity (Wildman–Crippen MR) is 80.3 cm³/mol. The van der Waals surface area contributed by atoms with Gasteiger partial charge >= 0.3 is 0 Å². The van der Waals surface area contributed by atoms with Crippen LogP contribution in [-0.2, 0) is 11.3 Å². The number of likely N-dealkylation sites (tertiary alicyclic amines) is 1. The lowest BCUT2D eigenvalue weighted by molar-refractivity contribution is -0.133. The number of carbonyl (C=O) groups is 1. The van der Waals surface area contributed by atoms with E-state index in [-0.39, 0.29) is 11.9 Å². The van der Waals surface area contributed by atoms with Gasteiger partial charge < -0.3 is 10.2 Å². The summed E-state index contributed by atoms with van der Waals surface area (Å²) < 4.78 is 0. The Labute approximate surface area is 121 Å². The maximum Gasteiger partial charge on any atom is 0.239 e. The summed E-state index contributed by atoms with van der Waals surface area (Å²) in [6.07, 6.45) is 4.77. The van der Waals surface area contributed by atoms with Gasteiger partial charge in [-0.25, -0.2) is 0 Å². The van der Waals surface area contributed by atoms with Gasteiger partial charge in [0.15, 0.2) is 0 Å². The molecule has 0 radical (unpaired) electrons. The third-order valence-electron chi connectivity index (χ3n) is 3.82. The smallest absolute Gasteiger partial charge is 0.239 e. The first-order valence-corrected chi connectivity index (χ1v) is 7.61. The standard InChI is InChI=1S/C16H25N3O/c1-13-8-7-9-15(18-13)12-17-14(2)16(20)19-10-5-3-4-6-11-19/h7-9,14,17H,3-6,10-12H2,1-2H3. The summed E-state index contributed by atoms with van der Waals surface area (Å²) in [7, 11) is 0. The molecule has 1 atom stereocenters. The van der Waals surface area contributed by atoms with Gasteiger partial charge in [-0.3, -0.25) is 9.78 Å². The number of nitrogens with zero attached hydrogens (tertiary/aromatic N) is 2. The number of rotatable bonds is 4. The Balaban J connectivity index is 1.84. The van der Waals surface area contributed by atoms with E-state index >= 15 is 0 Å². The minimum atomic E-state index is -0.143. The van der Waals surface area contributed by atoms with Crippen LogP contribution in [0.5, 0.6) is 0 Å². The molecule has 1 aromatic heterocycles. The van der Waals surface area contributed by atoms with Crippen molar-refractivity contribution < 1.29 is 4.79 Å². The molecule has 2 rings (SSSR count). The highest BCUT2D eigenvalue weighted by atomic mass is 16.2. The molecule has 0 bridgehead atoms. The lowest BCUT2D eigenvalue weighted by atomic mass is 10.2. The van der Waals surface area contributed by atoms with Crippen molar-refractivity contribution in [2.45, 2.75) is 52.1 Å². The minimum absolute atomic E-state index is 0.143. The van der Waals surface area contributed by atoms with E-state index in [4.69, 9.17) is 0 Å². The van der Waals surface area contributed by atoms with Crippen LogP contribution >= 0.6 is 0 Å². The van der Waals surface area contributed by atoms with Gasteiger partial charge in [0.1, 0.15) is 0 Å². The molecule has 1 fully saturated rings. The fourth-order valence-corrected chi connectivity index (χ4v) is 2.61. The van der Waals surface area contributed by atoms with E-state index in [9.17, 15) is 4.79 Å². The van der Waals surface area contributed by atoms with E-state index in [0.29, 0.717) is 6.54 Å². The van der Waals surface area contributed by atoms with Crippen LogP contribution in [0.15, 0.2) is 18.2 Å². The van der Waals surface area contributed by atoms with Gasteiger partial charge in [0.2, 0.25) is 5.91 Å². The second-order valence-electron chi connectivity index (χ2n) is 5.61. The Morgan fingerprint density at radius 2 is 2.00 bits per heavy atom. The highest BCUT2D eigenvalue weighted by Gasteiger charge is 2.20. The second-order valence-corrected chi connectivity index (χ2v) is 5.61. The minimum Gasteiger partial charge on any atom is -0.341 e. The van der Waals surface area contributed by atoms with Crippen molar-refractivity contribution in [2.24, 2.45) is 0 Å². The molecule has 110 valence electrons. The first-order valence-electron chi connectivity index (χ1n) is 7.61. The Morgan fingerprint density at radius 1 is 1.30 bits per heavy atom. The van der Waals surface area contributed by atoms with Gasteiger partial charge in [0.05, 0.1) is 11.7 Å². The molecule has 4 heteroatoms. The SMILES string of the molecule is Cc1cccc(CNC(C)C(=O)N2CCCCCC2)n1. The quantitative estimate of drug-likeness (QED) is 0.917. The molecule has 0 spiro atoms. The van der Waals surface area contributed by atoms with Crippen LogP contribution in [0.25, 0.3) is 0 Å². The van der Waals surface area contributed by atoms with Crippen molar-refractivity contribution in [2.75, 3.05) is 13.1 Å². The Morgan fingerprint density at radius 3 is 2.65 bits per heavy atom. The van der Waals surface area contributed by atoms with E-state index in [1.807, 2.05) is 36.9 Å². The molecule has 1 aliphatic heterocycles. The van der Waals surface area contributed by atoms with Crippen molar-refractivity contribution in [3.05, 3.63) is 29.6 Å². The van der Waals surface area contributed by atoms with Crippen molar-refractivity contribution in [3.63, 3.8) is 0 Å². The maximum absolute atomic E-state index is 12.4. The summed E-state index contributed by atoms with van der Waals surface area (Å²) in [6.45, 7) is 6.39. The van der Waals surface area contributed by atoms with Crippen molar-refractivity contribution >= 4 is 5.91 Å². The molecule has 0 saturated carbocycles. The fraction of sp³-hybridized carbons (Fsp3) is 0.625. The molecular weight excluding hydrogens is 250 g/mol. The van der Waals surface area contributed by atoms with Crippen LogP contribution in [0.1, 0.15) is 44.0 Å². The number of amides is 1. The van der Waals surface area contributed by atoms with Crippen LogP contribution in [0, 0.1) is 6.92 Å². The largest absolute Gasteiger partial charge is 0.341 e. The van der Waals surface area contributed by atoms with Gasteiger partial charge in [-0.15, -0.1) is 0 Å². The number of aryl methyl sites for hydroxylation is 1. The lowest BCUT2D eigenvalue weighted by Crippen LogP contribution is -2.45. The number of pyridine rings is 1. The summed E-state index contributed by atoms with van der Waals surface area (Å²) in [5.74, 6) is 0.222. The molecule has 4 nitrogen and oxygen atoms in total. The summed E-state index contributed by atoms with van der Waals surface area (Å²) in [5, 5.41) is 3.29. The predicted octanol–water partition coefficient (Wildman–Crippen LogP) is 2.27. The van der Waals surface area contributed by atoms with Crippen molar-refractivity contribution in [1.29, 1.82) is 0 Å².